The predicted molar refractivity (Wildman–Crippen MR) is 149 cm³/mol. The fourth-order valence-corrected chi connectivity index (χ4v) is 4.72. The number of alkyl halides is 8. The lowest BCUT2D eigenvalue weighted by atomic mass is 9.77. The van der Waals surface area contributed by atoms with Crippen molar-refractivity contribution in [1.29, 1.82) is 0 Å². The molecule has 0 heterocycles. The fraction of sp³-hybridized carbons (Fsp3) is 0.233. The number of hydrogen-bond acceptors (Lipinski definition) is 2. The van der Waals surface area contributed by atoms with E-state index in [1.165, 1.54) is 42.5 Å². The van der Waals surface area contributed by atoms with Gasteiger partial charge in [-0.25, -0.2) is 8.78 Å². The fourth-order valence-electron chi connectivity index (χ4n) is 4.42. The van der Waals surface area contributed by atoms with Gasteiger partial charge in [-0.1, -0.05) is 66.8 Å². The van der Waals surface area contributed by atoms with Gasteiger partial charge in [-0.2, -0.15) is 13.2 Å². The van der Waals surface area contributed by atoms with Crippen LogP contribution in [0.2, 0.25) is 0 Å². The van der Waals surface area contributed by atoms with Gasteiger partial charge in [0.25, 0.3) is 0 Å². The number of ether oxygens (including phenoxy) is 1. The summed E-state index contributed by atoms with van der Waals surface area (Å²) < 4.78 is 110. The average Bonchev–Trinajstić information content (AvgIpc) is 2.87. The summed E-state index contributed by atoms with van der Waals surface area (Å²) in [7, 11) is 0. The third-order valence-corrected chi connectivity index (χ3v) is 6.24. The van der Waals surface area contributed by atoms with Gasteiger partial charge in [0.2, 0.25) is 6.43 Å². The summed E-state index contributed by atoms with van der Waals surface area (Å²) in [5.74, 6) is -0.552. The molecule has 0 spiro atoms. The highest BCUT2D eigenvalue weighted by molar-refractivity contribution is 7.80. The van der Waals surface area contributed by atoms with Gasteiger partial charge in [0, 0.05) is 18.5 Å². The predicted octanol–water partition coefficient (Wildman–Crippen LogP) is 9.16. The second-order valence-corrected chi connectivity index (χ2v) is 9.68. The van der Waals surface area contributed by atoms with Crippen LogP contribution < -0.4 is 15.4 Å². The van der Waals surface area contributed by atoms with Crippen molar-refractivity contribution in [3.63, 3.8) is 0 Å². The van der Waals surface area contributed by atoms with Crippen molar-refractivity contribution in [3.05, 3.63) is 119 Å². The monoisotopic (exact) mass is 614 g/mol. The van der Waals surface area contributed by atoms with Crippen LogP contribution in [-0.2, 0) is 18.1 Å². The zero-order valence-electron chi connectivity index (χ0n) is 22.1. The van der Waals surface area contributed by atoms with Crippen molar-refractivity contribution in [1.82, 2.24) is 5.32 Å². The molecular formula is C30H26F8N2OS. The Hall–Kier alpha value is -3.93. The van der Waals surface area contributed by atoms with E-state index >= 15 is 0 Å². The smallest absolute Gasteiger partial charge is 0.406 e. The molecule has 12 heteroatoms. The minimum Gasteiger partial charge on any atom is -0.406 e. The van der Waals surface area contributed by atoms with Crippen LogP contribution in [0.25, 0.3) is 0 Å². The Morgan fingerprint density at radius 1 is 0.905 bits per heavy atom. The third-order valence-electron chi connectivity index (χ3n) is 6.04. The number of allylic oxidation sites excluding steroid dienone is 2. The summed E-state index contributed by atoms with van der Waals surface area (Å²) in [4.78, 5) is 0. The Kier molecular flexibility index (Phi) is 10.4. The van der Waals surface area contributed by atoms with E-state index in [2.05, 4.69) is 21.9 Å². The number of anilines is 1. The molecule has 0 aliphatic heterocycles. The van der Waals surface area contributed by atoms with Crippen molar-refractivity contribution in [2.45, 2.75) is 44.3 Å². The van der Waals surface area contributed by atoms with Crippen molar-refractivity contribution in [3.8, 4) is 5.75 Å². The molecule has 0 saturated heterocycles. The molecule has 3 aromatic carbocycles. The number of halogens is 8. The minimum atomic E-state index is -5.00. The molecule has 3 rings (SSSR count). The third kappa shape index (κ3) is 9.04. The highest BCUT2D eigenvalue weighted by atomic mass is 32.1. The van der Waals surface area contributed by atoms with Gasteiger partial charge in [-0.15, -0.1) is 13.2 Å². The lowest BCUT2D eigenvalue weighted by Gasteiger charge is -2.38. The SMILES string of the molecule is C=C(/C=C\C)CC(NC(=S)Nc1cccc(C(F)(F)F)c1)(c1cccc(CC(F)F)c1)c1cccc(OC(F)(F)F)c1. The van der Waals surface area contributed by atoms with Crippen molar-refractivity contribution < 1.29 is 39.9 Å². The summed E-state index contributed by atoms with van der Waals surface area (Å²) in [6.45, 7) is 5.74. The van der Waals surface area contributed by atoms with E-state index in [0.717, 1.165) is 24.3 Å². The number of rotatable bonds is 10. The molecule has 3 nitrogen and oxygen atoms in total. The maximum atomic E-state index is 13.3. The maximum absolute atomic E-state index is 13.3. The van der Waals surface area contributed by atoms with Crippen LogP contribution in [0.5, 0.6) is 5.75 Å². The highest BCUT2D eigenvalue weighted by Gasteiger charge is 2.38. The van der Waals surface area contributed by atoms with Gasteiger partial charge in [0.1, 0.15) is 5.75 Å². The van der Waals surface area contributed by atoms with E-state index in [9.17, 15) is 35.1 Å². The van der Waals surface area contributed by atoms with Gasteiger partial charge in [-0.3, -0.25) is 0 Å². The molecule has 0 bridgehead atoms. The van der Waals surface area contributed by atoms with E-state index in [0.29, 0.717) is 11.1 Å². The van der Waals surface area contributed by atoms with Crippen LogP contribution in [0.3, 0.4) is 0 Å². The van der Waals surface area contributed by atoms with E-state index in [-0.39, 0.29) is 28.3 Å². The topological polar surface area (TPSA) is 33.3 Å². The number of hydrogen-bond donors (Lipinski definition) is 2. The molecule has 3 aromatic rings. The Bertz CT molecular complexity index is 1440. The normalized spacial score (nSPS) is 13.6. The first-order chi connectivity index (χ1) is 19.6. The first kappa shape index (κ1) is 32.6. The van der Waals surface area contributed by atoms with Crippen LogP contribution in [0.15, 0.2) is 97.1 Å². The van der Waals surface area contributed by atoms with Gasteiger partial charge < -0.3 is 15.4 Å². The highest BCUT2D eigenvalue weighted by Crippen LogP contribution is 2.39. The molecule has 2 N–H and O–H groups in total. The molecule has 0 amide bonds. The second-order valence-electron chi connectivity index (χ2n) is 9.27. The van der Waals surface area contributed by atoms with Crippen LogP contribution >= 0.6 is 12.2 Å². The quantitative estimate of drug-likeness (QED) is 0.136. The molecular weight excluding hydrogens is 588 g/mol. The van der Waals surface area contributed by atoms with E-state index in [1.807, 2.05) is 0 Å². The van der Waals surface area contributed by atoms with Crippen LogP contribution in [0.4, 0.5) is 40.8 Å². The molecule has 224 valence electrons. The van der Waals surface area contributed by atoms with Crippen LogP contribution in [0, 0.1) is 0 Å². The lowest BCUT2D eigenvalue weighted by molar-refractivity contribution is -0.274. The summed E-state index contributed by atoms with van der Waals surface area (Å²) in [5.41, 5.74) is -1.23. The van der Waals surface area contributed by atoms with Crippen molar-refractivity contribution in [2.75, 3.05) is 5.32 Å². The summed E-state index contributed by atoms with van der Waals surface area (Å²) in [5, 5.41) is 5.55. The van der Waals surface area contributed by atoms with E-state index < -0.39 is 42.2 Å². The Morgan fingerprint density at radius 2 is 1.52 bits per heavy atom. The molecule has 42 heavy (non-hydrogen) atoms. The Labute approximate surface area is 242 Å². The van der Waals surface area contributed by atoms with Gasteiger partial charge >= 0.3 is 12.5 Å². The van der Waals surface area contributed by atoms with Gasteiger partial charge in [0.05, 0.1) is 11.1 Å². The van der Waals surface area contributed by atoms with Crippen LogP contribution in [0.1, 0.15) is 35.6 Å². The van der Waals surface area contributed by atoms with Gasteiger partial charge in [-0.05, 0) is 66.2 Å². The molecule has 0 fully saturated rings. The molecule has 0 aromatic heterocycles. The summed E-state index contributed by atoms with van der Waals surface area (Å²) >= 11 is 5.48. The first-order valence-corrected chi connectivity index (χ1v) is 12.8. The number of nitrogens with one attached hydrogen (secondary N) is 2. The van der Waals surface area contributed by atoms with Crippen molar-refractivity contribution >= 4 is 23.0 Å². The lowest BCUT2D eigenvalue weighted by Crippen LogP contribution is -2.48. The number of thiocarbonyl (C=S) groups is 1. The standard InChI is InChI=1S/C30H26F8N2OS/c1-3-7-19(2)18-28(21-9-4-8-20(14-21)15-26(31)32,22-10-6-13-25(17-22)41-30(36,37)38)40-27(42)39-24-12-5-11-23(16-24)29(33,34)35/h3-14,16-17,26H,2,15,18H2,1H3,(H2,39,40,42)/b7-3-. The Balaban J connectivity index is 2.19. The van der Waals surface area contributed by atoms with Gasteiger partial charge in [0.15, 0.2) is 5.11 Å². The summed E-state index contributed by atoms with van der Waals surface area (Å²) in [6.07, 6.45) is -9.58. The maximum Gasteiger partial charge on any atom is 0.573 e. The molecule has 0 aliphatic rings. The average molecular weight is 615 g/mol. The second kappa shape index (κ2) is 13.4. The van der Waals surface area contributed by atoms with E-state index in [4.69, 9.17) is 12.2 Å². The molecule has 1 unspecified atom stereocenters. The zero-order valence-corrected chi connectivity index (χ0v) is 22.9. The van der Waals surface area contributed by atoms with Crippen LogP contribution in [-0.4, -0.2) is 17.9 Å². The van der Waals surface area contributed by atoms with Crippen molar-refractivity contribution in [2.24, 2.45) is 0 Å². The zero-order chi connectivity index (χ0) is 31.1. The summed E-state index contributed by atoms with van der Waals surface area (Å²) in [6, 6.07) is 15.3. The molecule has 0 aliphatic carbocycles. The Morgan fingerprint density at radius 3 is 2.14 bits per heavy atom. The van der Waals surface area contributed by atoms with E-state index in [1.54, 1.807) is 25.1 Å². The molecule has 0 radical (unpaired) electrons. The number of benzene rings is 3. The molecule has 0 saturated carbocycles. The molecule has 1 atom stereocenters. The first-order valence-electron chi connectivity index (χ1n) is 12.4. The minimum absolute atomic E-state index is 0.0101. The largest absolute Gasteiger partial charge is 0.573 e.